The first-order valence-corrected chi connectivity index (χ1v) is 4.81. The van der Waals surface area contributed by atoms with E-state index in [-0.39, 0.29) is 24.1 Å². The molecule has 0 aliphatic rings. The second-order valence-corrected chi connectivity index (χ2v) is 3.25. The second-order valence-electron chi connectivity index (χ2n) is 3.25. The summed E-state index contributed by atoms with van der Waals surface area (Å²) in [6.45, 7) is 6.40. The first-order valence-electron chi connectivity index (χ1n) is 4.81. The molecule has 0 bridgehead atoms. The molecule has 0 aromatic heterocycles. The van der Waals surface area contributed by atoms with E-state index in [1.165, 1.54) is 13.8 Å². The third-order valence-corrected chi connectivity index (χ3v) is 1.77. The first-order chi connectivity index (χ1) is 6.47. The largest absolute Gasteiger partial charge is 0.459 e. The van der Waals surface area contributed by atoms with Crippen LogP contribution in [0.4, 0.5) is 0 Å². The van der Waals surface area contributed by atoms with Crippen LogP contribution in [-0.4, -0.2) is 24.1 Å². The Morgan fingerprint density at radius 1 is 1.14 bits per heavy atom. The maximum Gasteiger partial charge on any atom is 0.303 e. The summed E-state index contributed by atoms with van der Waals surface area (Å²) in [5, 5.41) is 0. The van der Waals surface area contributed by atoms with Crippen LogP contribution in [0.25, 0.3) is 0 Å². The number of carbonyl (C=O) groups is 2. The van der Waals surface area contributed by atoms with Crippen molar-refractivity contribution in [1.29, 1.82) is 0 Å². The summed E-state index contributed by atoms with van der Waals surface area (Å²) in [5.41, 5.74) is 0. The van der Waals surface area contributed by atoms with Crippen LogP contribution in [0.5, 0.6) is 0 Å². The molecular weight excluding hydrogens is 184 g/mol. The van der Waals surface area contributed by atoms with Crippen molar-refractivity contribution in [1.82, 2.24) is 0 Å². The van der Waals surface area contributed by atoms with Crippen LogP contribution in [0.15, 0.2) is 0 Å². The van der Waals surface area contributed by atoms with Gasteiger partial charge in [-0.15, -0.1) is 0 Å². The first kappa shape index (κ1) is 12.9. The van der Waals surface area contributed by atoms with Gasteiger partial charge in [0.15, 0.2) is 0 Å². The number of hydrogen-bond acceptors (Lipinski definition) is 4. The molecule has 0 saturated carbocycles. The SMILES string of the molecule is CCCC(OC(C)=O)C(C)OC(C)=O. The minimum absolute atomic E-state index is 0.332. The Kier molecular flexibility index (Phi) is 5.92. The minimum Gasteiger partial charge on any atom is -0.459 e. The maximum atomic E-state index is 10.8. The van der Waals surface area contributed by atoms with Crippen LogP contribution in [0.1, 0.15) is 40.5 Å². The maximum absolute atomic E-state index is 10.8. The normalized spacial score (nSPS) is 14.3. The van der Waals surface area contributed by atoms with E-state index in [2.05, 4.69) is 0 Å². The summed E-state index contributed by atoms with van der Waals surface area (Å²) in [5.74, 6) is -0.701. The number of ether oxygens (including phenoxy) is 2. The minimum atomic E-state index is -0.378. The molecule has 0 heterocycles. The lowest BCUT2D eigenvalue weighted by molar-refractivity contribution is -0.164. The summed E-state index contributed by atoms with van der Waals surface area (Å²) in [7, 11) is 0. The van der Waals surface area contributed by atoms with E-state index in [0.29, 0.717) is 6.42 Å². The molecule has 0 aliphatic heterocycles. The van der Waals surface area contributed by atoms with Crippen molar-refractivity contribution < 1.29 is 19.1 Å². The third kappa shape index (κ3) is 5.56. The molecule has 0 saturated heterocycles. The van der Waals surface area contributed by atoms with Gasteiger partial charge in [-0.25, -0.2) is 0 Å². The average Bonchev–Trinajstić information content (AvgIpc) is 2.01. The molecule has 0 rings (SSSR count). The molecule has 0 aliphatic carbocycles. The van der Waals surface area contributed by atoms with Gasteiger partial charge in [0.25, 0.3) is 0 Å². The van der Waals surface area contributed by atoms with Gasteiger partial charge in [-0.1, -0.05) is 13.3 Å². The van der Waals surface area contributed by atoms with Crippen molar-refractivity contribution in [3.05, 3.63) is 0 Å². The Hall–Kier alpha value is -1.06. The van der Waals surface area contributed by atoms with Crippen molar-refractivity contribution in [2.24, 2.45) is 0 Å². The molecule has 0 aromatic carbocycles. The fourth-order valence-corrected chi connectivity index (χ4v) is 1.22. The van der Waals surface area contributed by atoms with Crippen molar-refractivity contribution in [2.75, 3.05) is 0 Å². The van der Waals surface area contributed by atoms with Crippen LogP contribution in [0.3, 0.4) is 0 Å². The fraction of sp³-hybridized carbons (Fsp3) is 0.800. The van der Waals surface area contributed by atoms with Crippen molar-refractivity contribution >= 4 is 11.9 Å². The van der Waals surface area contributed by atoms with E-state index in [4.69, 9.17) is 9.47 Å². The lowest BCUT2D eigenvalue weighted by Crippen LogP contribution is -2.31. The quantitative estimate of drug-likeness (QED) is 0.636. The van der Waals surface area contributed by atoms with Gasteiger partial charge in [-0.2, -0.15) is 0 Å². The molecule has 2 atom stereocenters. The van der Waals surface area contributed by atoms with E-state index < -0.39 is 0 Å². The van der Waals surface area contributed by atoms with Gasteiger partial charge in [0.2, 0.25) is 0 Å². The molecule has 14 heavy (non-hydrogen) atoms. The number of hydrogen-bond donors (Lipinski definition) is 0. The Morgan fingerprint density at radius 2 is 1.64 bits per heavy atom. The molecule has 0 aromatic rings. The second kappa shape index (κ2) is 6.40. The summed E-state index contributed by atoms with van der Waals surface area (Å²) >= 11 is 0. The molecule has 0 fully saturated rings. The van der Waals surface area contributed by atoms with Gasteiger partial charge in [-0.05, 0) is 13.3 Å². The summed E-state index contributed by atoms with van der Waals surface area (Å²) in [6, 6.07) is 0. The molecule has 0 amide bonds. The lowest BCUT2D eigenvalue weighted by atomic mass is 10.1. The zero-order valence-corrected chi connectivity index (χ0v) is 9.20. The summed E-state index contributed by atoms with van der Waals surface area (Å²) < 4.78 is 9.99. The zero-order valence-electron chi connectivity index (χ0n) is 9.20. The topological polar surface area (TPSA) is 52.6 Å². The molecular formula is C10H18O4. The monoisotopic (exact) mass is 202 g/mol. The highest BCUT2D eigenvalue weighted by atomic mass is 16.6. The average molecular weight is 202 g/mol. The molecule has 0 N–H and O–H groups in total. The van der Waals surface area contributed by atoms with E-state index >= 15 is 0 Å². The molecule has 4 heteroatoms. The highest BCUT2D eigenvalue weighted by molar-refractivity contribution is 5.67. The van der Waals surface area contributed by atoms with E-state index in [9.17, 15) is 9.59 Å². The number of esters is 2. The summed E-state index contributed by atoms with van der Waals surface area (Å²) in [4.78, 5) is 21.4. The molecule has 0 spiro atoms. The molecule has 2 unspecified atom stereocenters. The molecule has 0 radical (unpaired) electrons. The predicted octanol–water partition coefficient (Wildman–Crippen LogP) is 1.67. The third-order valence-electron chi connectivity index (χ3n) is 1.77. The Balaban J connectivity index is 4.16. The Morgan fingerprint density at radius 3 is 2.00 bits per heavy atom. The Labute approximate surface area is 84.6 Å². The van der Waals surface area contributed by atoms with Crippen LogP contribution in [0.2, 0.25) is 0 Å². The highest BCUT2D eigenvalue weighted by Gasteiger charge is 2.21. The van der Waals surface area contributed by atoms with E-state index in [1.54, 1.807) is 6.92 Å². The van der Waals surface area contributed by atoms with Crippen LogP contribution >= 0.6 is 0 Å². The number of carbonyl (C=O) groups excluding carboxylic acids is 2. The van der Waals surface area contributed by atoms with E-state index in [0.717, 1.165) is 6.42 Å². The number of rotatable bonds is 5. The molecule has 4 nitrogen and oxygen atoms in total. The highest BCUT2D eigenvalue weighted by Crippen LogP contribution is 2.11. The zero-order chi connectivity index (χ0) is 11.1. The van der Waals surface area contributed by atoms with Gasteiger partial charge in [0.1, 0.15) is 12.2 Å². The molecule has 82 valence electrons. The van der Waals surface area contributed by atoms with Gasteiger partial charge in [0, 0.05) is 13.8 Å². The van der Waals surface area contributed by atoms with Crippen LogP contribution in [0, 0.1) is 0 Å². The predicted molar refractivity (Wildman–Crippen MR) is 51.7 cm³/mol. The van der Waals surface area contributed by atoms with Crippen molar-refractivity contribution in [3.63, 3.8) is 0 Å². The van der Waals surface area contributed by atoms with Gasteiger partial charge < -0.3 is 9.47 Å². The summed E-state index contributed by atoms with van der Waals surface area (Å²) in [6.07, 6.45) is 0.871. The van der Waals surface area contributed by atoms with Gasteiger partial charge >= 0.3 is 11.9 Å². The van der Waals surface area contributed by atoms with Crippen LogP contribution < -0.4 is 0 Å². The van der Waals surface area contributed by atoms with Crippen LogP contribution in [-0.2, 0) is 19.1 Å². The van der Waals surface area contributed by atoms with Crippen molar-refractivity contribution in [2.45, 2.75) is 52.7 Å². The van der Waals surface area contributed by atoms with Gasteiger partial charge in [0.05, 0.1) is 0 Å². The van der Waals surface area contributed by atoms with Gasteiger partial charge in [-0.3, -0.25) is 9.59 Å². The van der Waals surface area contributed by atoms with Crippen molar-refractivity contribution in [3.8, 4) is 0 Å². The lowest BCUT2D eigenvalue weighted by Gasteiger charge is -2.22. The Bertz CT molecular complexity index is 200. The smallest absolute Gasteiger partial charge is 0.303 e. The fourth-order valence-electron chi connectivity index (χ4n) is 1.22. The standard InChI is InChI=1S/C10H18O4/c1-5-6-10(14-9(4)12)7(2)13-8(3)11/h7,10H,5-6H2,1-4H3. The van der Waals surface area contributed by atoms with E-state index in [1.807, 2.05) is 6.92 Å².